The van der Waals surface area contributed by atoms with Crippen molar-refractivity contribution >= 4 is 10.0 Å². The van der Waals surface area contributed by atoms with Crippen LogP contribution in [-0.2, 0) is 16.6 Å². The van der Waals surface area contributed by atoms with Gasteiger partial charge in [-0.2, -0.15) is 4.31 Å². The summed E-state index contributed by atoms with van der Waals surface area (Å²) in [6, 6.07) is 10.4. The second-order valence-corrected chi connectivity index (χ2v) is 8.12. The third-order valence-electron chi connectivity index (χ3n) is 4.45. The van der Waals surface area contributed by atoms with Crippen molar-refractivity contribution in [1.29, 1.82) is 0 Å². The first-order valence-corrected chi connectivity index (χ1v) is 9.54. The second kappa shape index (κ2) is 7.19. The van der Waals surface area contributed by atoms with Crippen LogP contribution in [-0.4, -0.2) is 43.8 Å². The maximum Gasteiger partial charge on any atom is 0.243 e. The Labute approximate surface area is 146 Å². The van der Waals surface area contributed by atoms with Gasteiger partial charge in [0.25, 0.3) is 0 Å². The van der Waals surface area contributed by atoms with Crippen molar-refractivity contribution in [2.75, 3.05) is 26.2 Å². The monoisotopic (exact) mass is 366 g/mol. The Morgan fingerprint density at radius 1 is 0.960 bits per heavy atom. The average Bonchev–Trinajstić information content (AvgIpc) is 2.60. The van der Waals surface area contributed by atoms with E-state index in [9.17, 15) is 17.2 Å². The fourth-order valence-corrected chi connectivity index (χ4v) is 4.43. The van der Waals surface area contributed by atoms with Gasteiger partial charge in [-0.1, -0.05) is 18.2 Å². The maximum atomic E-state index is 13.7. The van der Waals surface area contributed by atoms with Crippen LogP contribution in [0.1, 0.15) is 11.1 Å². The molecule has 2 aromatic carbocycles. The number of hydrogen-bond donors (Lipinski definition) is 0. The zero-order chi connectivity index (χ0) is 18.0. The highest BCUT2D eigenvalue weighted by Crippen LogP contribution is 2.21. The Morgan fingerprint density at radius 3 is 2.28 bits per heavy atom. The molecular weight excluding hydrogens is 346 g/mol. The first kappa shape index (κ1) is 18.0. The van der Waals surface area contributed by atoms with Crippen LogP contribution >= 0.6 is 0 Å². The van der Waals surface area contributed by atoms with E-state index in [2.05, 4.69) is 0 Å². The molecule has 0 radical (unpaired) electrons. The van der Waals surface area contributed by atoms with E-state index in [0.29, 0.717) is 43.9 Å². The van der Waals surface area contributed by atoms with Gasteiger partial charge in [0.15, 0.2) is 0 Å². The Balaban J connectivity index is 1.67. The van der Waals surface area contributed by atoms with Crippen molar-refractivity contribution in [3.8, 4) is 0 Å². The minimum absolute atomic E-state index is 0.106. The van der Waals surface area contributed by atoms with E-state index in [-0.39, 0.29) is 10.7 Å². The molecule has 4 nitrogen and oxygen atoms in total. The van der Waals surface area contributed by atoms with Gasteiger partial charge in [-0.3, -0.25) is 4.90 Å². The highest BCUT2D eigenvalue weighted by atomic mass is 32.2. The lowest BCUT2D eigenvalue weighted by atomic mass is 10.2. The van der Waals surface area contributed by atoms with Crippen LogP contribution in [0.15, 0.2) is 47.4 Å². The van der Waals surface area contributed by atoms with Crippen LogP contribution in [0.2, 0.25) is 0 Å². The van der Waals surface area contributed by atoms with Gasteiger partial charge < -0.3 is 0 Å². The maximum absolute atomic E-state index is 13.7. The van der Waals surface area contributed by atoms with E-state index in [4.69, 9.17) is 0 Å². The molecule has 134 valence electrons. The fourth-order valence-electron chi connectivity index (χ4n) is 2.92. The Kier molecular flexibility index (Phi) is 5.17. The smallest absolute Gasteiger partial charge is 0.243 e. The highest BCUT2D eigenvalue weighted by Gasteiger charge is 2.29. The van der Waals surface area contributed by atoms with Crippen LogP contribution in [0, 0.1) is 18.6 Å². The van der Waals surface area contributed by atoms with Crippen LogP contribution in [0.25, 0.3) is 0 Å². The summed E-state index contributed by atoms with van der Waals surface area (Å²) in [7, 11) is -3.64. The number of sulfonamides is 1. The van der Waals surface area contributed by atoms with Crippen molar-refractivity contribution in [1.82, 2.24) is 9.21 Å². The topological polar surface area (TPSA) is 40.6 Å². The van der Waals surface area contributed by atoms with Crippen molar-refractivity contribution in [2.45, 2.75) is 18.4 Å². The van der Waals surface area contributed by atoms with Crippen molar-refractivity contribution in [2.24, 2.45) is 0 Å². The largest absolute Gasteiger partial charge is 0.296 e. The van der Waals surface area contributed by atoms with Crippen LogP contribution in [0.4, 0.5) is 8.78 Å². The zero-order valence-corrected chi connectivity index (χ0v) is 14.8. The Morgan fingerprint density at radius 2 is 1.64 bits per heavy atom. The lowest BCUT2D eigenvalue weighted by Crippen LogP contribution is -2.48. The molecule has 0 aliphatic carbocycles. The molecule has 1 heterocycles. The molecular formula is C18H20F2N2O2S. The summed E-state index contributed by atoms with van der Waals surface area (Å²) in [6.45, 7) is 3.69. The average molecular weight is 366 g/mol. The molecule has 1 fully saturated rings. The number of hydrogen-bond acceptors (Lipinski definition) is 3. The molecule has 1 aliphatic rings. The van der Waals surface area contributed by atoms with Crippen LogP contribution in [0.3, 0.4) is 0 Å². The van der Waals surface area contributed by atoms with Crippen LogP contribution < -0.4 is 0 Å². The summed E-state index contributed by atoms with van der Waals surface area (Å²) in [5, 5.41) is 0. The molecule has 7 heteroatoms. The predicted molar refractivity (Wildman–Crippen MR) is 91.6 cm³/mol. The van der Waals surface area contributed by atoms with E-state index in [0.717, 1.165) is 0 Å². The zero-order valence-electron chi connectivity index (χ0n) is 14.0. The standard InChI is InChI=1S/C18H20F2N2O2S/c1-14-12-16(6-7-17(14)19)25(23,24)22-10-8-21(9-11-22)13-15-4-2-3-5-18(15)20/h2-7,12H,8-11,13H2,1H3. The van der Waals surface area contributed by atoms with Crippen molar-refractivity contribution in [3.05, 3.63) is 65.2 Å². The van der Waals surface area contributed by atoms with Crippen LogP contribution in [0.5, 0.6) is 0 Å². The quantitative estimate of drug-likeness (QED) is 0.836. The van der Waals surface area contributed by atoms with E-state index in [1.165, 1.54) is 28.6 Å². The van der Waals surface area contributed by atoms with Gasteiger partial charge in [-0.25, -0.2) is 17.2 Å². The number of rotatable bonds is 4. The molecule has 0 saturated carbocycles. The first-order valence-electron chi connectivity index (χ1n) is 8.10. The summed E-state index contributed by atoms with van der Waals surface area (Å²) < 4.78 is 53.9. The SMILES string of the molecule is Cc1cc(S(=O)(=O)N2CCN(Cc3ccccc3F)CC2)ccc1F. The lowest BCUT2D eigenvalue weighted by molar-refractivity contribution is 0.180. The van der Waals surface area contributed by atoms with E-state index >= 15 is 0 Å². The minimum atomic E-state index is -3.64. The molecule has 0 atom stereocenters. The van der Waals surface area contributed by atoms with E-state index in [1.807, 2.05) is 4.90 Å². The molecule has 0 spiro atoms. The van der Waals surface area contributed by atoms with Gasteiger partial charge in [0.05, 0.1) is 4.90 Å². The lowest BCUT2D eigenvalue weighted by Gasteiger charge is -2.34. The van der Waals surface area contributed by atoms with Gasteiger partial charge in [0, 0.05) is 38.3 Å². The summed E-state index contributed by atoms with van der Waals surface area (Å²) in [4.78, 5) is 2.13. The Bertz CT molecular complexity index is 863. The summed E-state index contributed by atoms with van der Waals surface area (Å²) in [5.41, 5.74) is 0.909. The molecule has 25 heavy (non-hydrogen) atoms. The molecule has 1 saturated heterocycles. The molecule has 2 aromatic rings. The molecule has 0 bridgehead atoms. The molecule has 1 aliphatic heterocycles. The number of nitrogens with zero attached hydrogens (tertiary/aromatic N) is 2. The number of benzene rings is 2. The molecule has 3 rings (SSSR count). The number of halogens is 2. The minimum Gasteiger partial charge on any atom is -0.296 e. The van der Waals surface area contributed by atoms with Gasteiger partial charge in [0.1, 0.15) is 11.6 Å². The number of aryl methyl sites for hydroxylation is 1. The van der Waals surface area contributed by atoms with E-state index in [1.54, 1.807) is 25.1 Å². The second-order valence-electron chi connectivity index (χ2n) is 6.18. The van der Waals surface area contributed by atoms with Gasteiger partial charge >= 0.3 is 0 Å². The van der Waals surface area contributed by atoms with Gasteiger partial charge in [0.2, 0.25) is 10.0 Å². The van der Waals surface area contributed by atoms with Gasteiger partial charge in [-0.15, -0.1) is 0 Å². The predicted octanol–water partition coefficient (Wildman–Crippen LogP) is 2.78. The summed E-state index contributed by atoms with van der Waals surface area (Å²) in [6.07, 6.45) is 0. The van der Waals surface area contributed by atoms with Gasteiger partial charge in [-0.05, 0) is 36.8 Å². The molecule has 0 amide bonds. The van der Waals surface area contributed by atoms with Crippen molar-refractivity contribution < 1.29 is 17.2 Å². The number of piperazine rings is 1. The molecule has 0 aromatic heterocycles. The third-order valence-corrected chi connectivity index (χ3v) is 6.34. The normalized spacial score (nSPS) is 16.9. The summed E-state index contributed by atoms with van der Waals surface area (Å²) in [5.74, 6) is -0.673. The fraction of sp³-hybridized carbons (Fsp3) is 0.333. The first-order chi connectivity index (χ1) is 11.9. The molecule has 0 unspecified atom stereocenters. The summed E-state index contributed by atoms with van der Waals surface area (Å²) >= 11 is 0. The third kappa shape index (κ3) is 3.89. The highest BCUT2D eigenvalue weighted by molar-refractivity contribution is 7.89. The Hall–Kier alpha value is -1.83. The van der Waals surface area contributed by atoms with Crippen molar-refractivity contribution in [3.63, 3.8) is 0 Å². The molecule has 0 N–H and O–H groups in total. The van der Waals surface area contributed by atoms with E-state index < -0.39 is 15.8 Å².